The van der Waals surface area contributed by atoms with Crippen molar-refractivity contribution in [1.29, 1.82) is 0 Å². The molecule has 1 aliphatic carbocycles. The molecule has 0 aromatic heterocycles. The highest BCUT2D eigenvalue weighted by molar-refractivity contribution is 5.84. The smallest absolute Gasteiger partial charge is 0.00819 e. The second kappa shape index (κ2) is 5.44. The molecule has 0 aliphatic heterocycles. The topological polar surface area (TPSA) is 0 Å². The van der Waals surface area contributed by atoms with Crippen LogP contribution >= 0.6 is 0 Å². The minimum Gasteiger partial charge on any atom is -0.0716 e. The molecule has 19 heavy (non-hydrogen) atoms. The summed E-state index contributed by atoms with van der Waals surface area (Å²) in [6.07, 6.45) is 7.17. The fourth-order valence-corrected chi connectivity index (χ4v) is 2.79. The lowest BCUT2D eigenvalue weighted by Gasteiger charge is -2.07. The number of unbranched alkanes of at least 4 members (excludes halogenated alkanes) is 1. The molecule has 0 atom stereocenters. The van der Waals surface area contributed by atoms with Gasteiger partial charge in [-0.15, -0.1) is 0 Å². The number of fused-ring (bicyclic) bond motifs is 1. The quantitative estimate of drug-likeness (QED) is 0.713. The summed E-state index contributed by atoms with van der Waals surface area (Å²) in [5, 5.41) is 0. The van der Waals surface area contributed by atoms with Crippen molar-refractivity contribution in [3.05, 3.63) is 76.9 Å². The van der Waals surface area contributed by atoms with Crippen molar-refractivity contribution in [2.24, 2.45) is 0 Å². The molecule has 3 rings (SSSR count). The fraction of sp³-hybridized carbons (Fsp3) is 0.263. The maximum Gasteiger partial charge on any atom is -0.00819 e. The van der Waals surface area contributed by atoms with Gasteiger partial charge in [-0.3, -0.25) is 0 Å². The standard InChI is InChI=1S/C19H20/c1-2-3-6-15-9-11-17(12-10-15)19-14-13-16-7-4-5-8-18(16)19/h4-5,7-12,14H,2-3,6,13H2,1H3. The number of allylic oxidation sites excluding steroid dienone is 1. The zero-order valence-corrected chi connectivity index (χ0v) is 11.5. The highest BCUT2D eigenvalue weighted by Crippen LogP contribution is 2.32. The van der Waals surface area contributed by atoms with Crippen molar-refractivity contribution in [2.45, 2.75) is 32.6 Å². The predicted molar refractivity (Wildman–Crippen MR) is 82.3 cm³/mol. The van der Waals surface area contributed by atoms with Crippen LogP contribution in [-0.4, -0.2) is 0 Å². The average Bonchev–Trinajstić information content (AvgIpc) is 2.90. The minimum absolute atomic E-state index is 1.07. The van der Waals surface area contributed by atoms with Crippen molar-refractivity contribution < 1.29 is 0 Å². The first-order chi connectivity index (χ1) is 9.38. The van der Waals surface area contributed by atoms with E-state index in [0.29, 0.717) is 0 Å². The zero-order valence-electron chi connectivity index (χ0n) is 11.5. The van der Waals surface area contributed by atoms with Crippen molar-refractivity contribution in [2.75, 3.05) is 0 Å². The Balaban J connectivity index is 1.84. The molecule has 0 nitrogen and oxygen atoms in total. The monoisotopic (exact) mass is 248 g/mol. The summed E-state index contributed by atoms with van der Waals surface area (Å²) in [5.41, 5.74) is 7.07. The van der Waals surface area contributed by atoms with E-state index in [1.54, 1.807) is 0 Å². The first-order valence-electron chi connectivity index (χ1n) is 7.26. The number of aryl methyl sites for hydroxylation is 1. The van der Waals surface area contributed by atoms with E-state index >= 15 is 0 Å². The van der Waals surface area contributed by atoms with Crippen LogP contribution in [0.4, 0.5) is 0 Å². The molecule has 0 fully saturated rings. The van der Waals surface area contributed by atoms with Gasteiger partial charge in [-0.25, -0.2) is 0 Å². The zero-order chi connectivity index (χ0) is 13.1. The third kappa shape index (κ3) is 2.49. The molecule has 96 valence electrons. The predicted octanol–water partition coefficient (Wildman–Crippen LogP) is 5.02. The summed E-state index contributed by atoms with van der Waals surface area (Å²) < 4.78 is 0. The summed E-state index contributed by atoms with van der Waals surface area (Å²) in [6, 6.07) is 17.8. The van der Waals surface area contributed by atoms with E-state index in [1.807, 2.05) is 0 Å². The van der Waals surface area contributed by atoms with Crippen molar-refractivity contribution in [1.82, 2.24) is 0 Å². The Morgan fingerprint density at radius 3 is 2.53 bits per heavy atom. The van der Waals surface area contributed by atoms with E-state index in [4.69, 9.17) is 0 Å². The molecule has 0 amide bonds. The van der Waals surface area contributed by atoms with Gasteiger partial charge in [-0.05, 0) is 47.1 Å². The van der Waals surface area contributed by atoms with Crippen LogP contribution < -0.4 is 0 Å². The Hall–Kier alpha value is -1.82. The molecule has 0 saturated carbocycles. The fourth-order valence-electron chi connectivity index (χ4n) is 2.79. The van der Waals surface area contributed by atoms with E-state index in [2.05, 4.69) is 61.5 Å². The molecule has 0 saturated heterocycles. The van der Waals surface area contributed by atoms with Gasteiger partial charge in [0, 0.05) is 0 Å². The van der Waals surface area contributed by atoms with Crippen molar-refractivity contribution in [3.8, 4) is 0 Å². The molecule has 0 N–H and O–H groups in total. The van der Waals surface area contributed by atoms with Gasteiger partial charge in [-0.2, -0.15) is 0 Å². The number of rotatable bonds is 4. The van der Waals surface area contributed by atoms with E-state index in [-0.39, 0.29) is 0 Å². The van der Waals surface area contributed by atoms with Crippen LogP contribution in [0.1, 0.15) is 42.0 Å². The average molecular weight is 248 g/mol. The maximum atomic E-state index is 2.35. The van der Waals surface area contributed by atoms with Crippen LogP contribution in [0.15, 0.2) is 54.6 Å². The molecule has 1 aliphatic rings. The highest BCUT2D eigenvalue weighted by Gasteiger charge is 2.14. The van der Waals surface area contributed by atoms with Gasteiger partial charge in [0.25, 0.3) is 0 Å². The molecule has 2 aromatic rings. The number of hydrogen-bond donors (Lipinski definition) is 0. The Morgan fingerprint density at radius 2 is 1.74 bits per heavy atom. The third-order valence-electron chi connectivity index (χ3n) is 3.92. The van der Waals surface area contributed by atoms with Gasteiger partial charge >= 0.3 is 0 Å². The summed E-state index contributed by atoms with van der Waals surface area (Å²) >= 11 is 0. The Labute approximate surface area is 115 Å². The van der Waals surface area contributed by atoms with Crippen molar-refractivity contribution in [3.63, 3.8) is 0 Å². The second-order valence-corrected chi connectivity index (χ2v) is 5.28. The lowest BCUT2D eigenvalue weighted by molar-refractivity contribution is 0.795. The summed E-state index contributed by atoms with van der Waals surface area (Å²) in [4.78, 5) is 0. The van der Waals surface area contributed by atoms with Crippen LogP contribution in [-0.2, 0) is 12.8 Å². The van der Waals surface area contributed by atoms with Gasteiger partial charge in [0.1, 0.15) is 0 Å². The van der Waals surface area contributed by atoms with Crippen LogP contribution in [0.3, 0.4) is 0 Å². The molecule has 0 unspecified atom stereocenters. The molecule has 0 bridgehead atoms. The molecule has 0 heteroatoms. The molecule has 2 aromatic carbocycles. The molecule has 0 radical (unpaired) electrons. The molecular weight excluding hydrogens is 228 g/mol. The van der Waals surface area contributed by atoms with Crippen LogP contribution in [0.25, 0.3) is 5.57 Å². The molecular formula is C19H20. The highest BCUT2D eigenvalue weighted by atomic mass is 14.2. The minimum atomic E-state index is 1.07. The summed E-state index contributed by atoms with van der Waals surface area (Å²) in [7, 11) is 0. The first kappa shape index (κ1) is 12.2. The van der Waals surface area contributed by atoms with Crippen LogP contribution in [0, 0.1) is 0 Å². The second-order valence-electron chi connectivity index (χ2n) is 5.28. The number of benzene rings is 2. The lowest BCUT2D eigenvalue weighted by Crippen LogP contribution is -1.89. The van der Waals surface area contributed by atoms with Crippen LogP contribution in [0.5, 0.6) is 0 Å². The van der Waals surface area contributed by atoms with Gasteiger partial charge in [-0.1, -0.05) is 68.0 Å². The summed E-state index contributed by atoms with van der Waals surface area (Å²) in [5.74, 6) is 0. The Bertz CT molecular complexity index is 588. The Morgan fingerprint density at radius 1 is 0.947 bits per heavy atom. The third-order valence-corrected chi connectivity index (χ3v) is 3.92. The molecule has 0 spiro atoms. The van der Waals surface area contributed by atoms with E-state index < -0.39 is 0 Å². The van der Waals surface area contributed by atoms with E-state index in [9.17, 15) is 0 Å². The summed E-state index contributed by atoms with van der Waals surface area (Å²) in [6.45, 7) is 2.24. The molecule has 0 heterocycles. The van der Waals surface area contributed by atoms with Crippen LogP contribution in [0.2, 0.25) is 0 Å². The maximum absolute atomic E-state index is 2.35. The first-order valence-corrected chi connectivity index (χ1v) is 7.26. The van der Waals surface area contributed by atoms with E-state index in [0.717, 1.165) is 6.42 Å². The Kier molecular flexibility index (Phi) is 3.50. The SMILES string of the molecule is CCCCc1ccc(C2=CCc3ccccc32)cc1. The van der Waals surface area contributed by atoms with Gasteiger partial charge in [0.15, 0.2) is 0 Å². The largest absolute Gasteiger partial charge is 0.0716 e. The van der Waals surface area contributed by atoms with Gasteiger partial charge in [0.2, 0.25) is 0 Å². The number of hydrogen-bond acceptors (Lipinski definition) is 0. The van der Waals surface area contributed by atoms with Gasteiger partial charge < -0.3 is 0 Å². The van der Waals surface area contributed by atoms with Gasteiger partial charge in [0.05, 0.1) is 0 Å². The van der Waals surface area contributed by atoms with Crippen molar-refractivity contribution >= 4 is 5.57 Å². The normalized spacial score (nSPS) is 13.2. The lowest BCUT2D eigenvalue weighted by atomic mass is 9.97. The van der Waals surface area contributed by atoms with E-state index in [1.165, 1.54) is 47.1 Å².